The Bertz CT molecular complexity index is 1190. The average Bonchev–Trinajstić information content (AvgIpc) is 3.08. The molecule has 3 aromatic heterocycles. The van der Waals surface area contributed by atoms with E-state index in [0.29, 0.717) is 35.2 Å². The fourth-order valence-corrected chi connectivity index (χ4v) is 4.01. The molecule has 0 amide bonds. The number of nitrogens with one attached hydrogen (secondary N) is 1. The molecular formula is C20H26N6O4S. The van der Waals surface area contributed by atoms with Crippen LogP contribution in [-0.2, 0) is 29.2 Å². The highest BCUT2D eigenvalue weighted by atomic mass is 32.2. The van der Waals surface area contributed by atoms with Gasteiger partial charge in [0.05, 0.1) is 5.75 Å². The third-order valence-electron chi connectivity index (χ3n) is 4.66. The minimum atomic E-state index is -0.498. The maximum absolute atomic E-state index is 12.4. The Morgan fingerprint density at radius 1 is 1.13 bits per heavy atom. The lowest BCUT2D eigenvalue weighted by molar-refractivity contribution is -0.142. The van der Waals surface area contributed by atoms with Crippen molar-refractivity contribution in [2.24, 2.45) is 0 Å². The Labute approximate surface area is 183 Å². The summed E-state index contributed by atoms with van der Waals surface area (Å²) in [5.41, 5.74) is 1.30. The highest BCUT2D eigenvalue weighted by Gasteiger charge is 2.19. The highest BCUT2D eigenvalue weighted by molar-refractivity contribution is 7.99. The number of hydrogen-bond donors (Lipinski definition) is 1. The molecule has 10 nitrogen and oxygen atoms in total. The summed E-state index contributed by atoms with van der Waals surface area (Å²) in [5, 5.41) is 0.515. The molecule has 0 radical (unpaired) electrons. The van der Waals surface area contributed by atoms with Crippen molar-refractivity contribution in [2.75, 3.05) is 5.75 Å². The van der Waals surface area contributed by atoms with Crippen LogP contribution < -0.4 is 11.2 Å². The quantitative estimate of drug-likeness (QED) is 0.300. The van der Waals surface area contributed by atoms with E-state index in [1.165, 1.54) is 16.3 Å². The average molecular weight is 447 g/mol. The van der Waals surface area contributed by atoms with E-state index in [4.69, 9.17) is 4.74 Å². The Hall–Kier alpha value is -2.95. The summed E-state index contributed by atoms with van der Waals surface area (Å²) >= 11 is 1.20. The number of aryl methyl sites for hydroxylation is 4. The van der Waals surface area contributed by atoms with Gasteiger partial charge in [-0.3, -0.25) is 19.1 Å². The number of esters is 1. The van der Waals surface area contributed by atoms with Gasteiger partial charge in [-0.05, 0) is 33.3 Å². The predicted molar refractivity (Wildman–Crippen MR) is 117 cm³/mol. The summed E-state index contributed by atoms with van der Waals surface area (Å²) < 4.78 is 8.51. The molecule has 3 aromatic rings. The second kappa shape index (κ2) is 9.90. The summed E-state index contributed by atoms with van der Waals surface area (Å²) in [6.07, 6.45) is 1.68. The van der Waals surface area contributed by atoms with Gasteiger partial charge in [0.1, 0.15) is 12.4 Å². The third-order valence-corrected chi connectivity index (χ3v) is 5.48. The second-order valence-corrected chi connectivity index (χ2v) is 8.03. The van der Waals surface area contributed by atoms with E-state index in [2.05, 4.69) is 19.9 Å². The van der Waals surface area contributed by atoms with Crippen LogP contribution in [0.1, 0.15) is 43.9 Å². The van der Waals surface area contributed by atoms with E-state index < -0.39 is 17.2 Å². The number of unbranched alkanes of at least 4 members (excludes halogenated alkanes) is 1. The number of rotatable bonds is 9. The first-order valence-corrected chi connectivity index (χ1v) is 11.2. The Morgan fingerprint density at radius 2 is 1.84 bits per heavy atom. The number of fused-ring (bicyclic) bond motifs is 1. The molecule has 3 rings (SSSR count). The van der Waals surface area contributed by atoms with Crippen LogP contribution in [0.2, 0.25) is 0 Å². The fourth-order valence-electron chi connectivity index (χ4n) is 3.26. The number of hydrogen-bond acceptors (Lipinski definition) is 8. The lowest BCUT2D eigenvalue weighted by Crippen LogP contribution is -2.31. The first kappa shape index (κ1) is 22.7. The van der Waals surface area contributed by atoms with Gasteiger partial charge < -0.3 is 9.30 Å². The number of carbonyl (C=O) groups excluding carboxylic acids is 1. The smallest absolute Gasteiger partial charge is 0.330 e. The van der Waals surface area contributed by atoms with Gasteiger partial charge in [-0.1, -0.05) is 25.1 Å². The van der Waals surface area contributed by atoms with E-state index in [1.54, 1.807) is 4.57 Å². The first-order valence-electron chi connectivity index (χ1n) is 10.2. The van der Waals surface area contributed by atoms with E-state index in [1.807, 2.05) is 33.8 Å². The van der Waals surface area contributed by atoms with Gasteiger partial charge in [-0.2, -0.15) is 0 Å². The van der Waals surface area contributed by atoms with Crippen LogP contribution in [0.15, 0.2) is 20.8 Å². The molecular weight excluding hydrogens is 420 g/mol. The number of thioether (sulfide) groups is 1. The van der Waals surface area contributed by atoms with Gasteiger partial charge in [-0.15, -0.1) is 0 Å². The van der Waals surface area contributed by atoms with E-state index in [9.17, 15) is 14.4 Å². The van der Waals surface area contributed by atoms with Crippen molar-refractivity contribution in [3.63, 3.8) is 0 Å². The Morgan fingerprint density at radius 3 is 2.48 bits per heavy atom. The molecule has 0 aliphatic carbocycles. The maximum Gasteiger partial charge on any atom is 0.330 e. The topological polar surface area (TPSA) is 125 Å². The van der Waals surface area contributed by atoms with Gasteiger partial charge in [-0.25, -0.2) is 19.7 Å². The van der Waals surface area contributed by atoms with Crippen molar-refractivity contribution in [3.05, 3.63) is 44.1 Å². The zero-order chi connectivity index (χ0) is 22.5. The van der Waals surface area contributed by atoms with Gasteiger partial charge in [0.15, 0.2) is 16.3 Å². The van der Waals surface area contributed by atoms with Crippen LogP contribution in [-0.4, -0.2) is 40.8 Å². The molecule has 0 aliphatic heterocycles. The summed E-state index contributed by atoms with van der Waals surface area (Å²) in [4.78, 5) is 52.3. The monoisotopic (exact) mass is 446 g/mol. The lowest BCUT2D eigenvalue weighted by atomic mass is 10.3. The van der Waals surface area contributed by atoms with E-state index in [-0.39, 0.29) is 12.4 Å². The van der Waals surface area contributed by atoms with Crippen molar-refractivity contribution in [2.45, 2.75) is 65.4 Å². The molecule has 0 aromatic carbocycles. The number of carbonyl (C=O) groups is 1. The standard InChI is InChI=1S/C20H26N6O4S/c1-5-7-8-26-17-16(18(28)24-20(26)29)25(6-2)14(23-17)10-30-15(27)11-31-19-21-12(3)9-13(4)22-19/h9H,5-8,10-11H2,1-4H3,(H,24,28,29). The number of imidazole rings is 1. The van der Waals surface area contributed by atoms with E-state index >= 15 is 0 Å². The van der Waals surface area contributed by atoms with Gasteiger partial charge >= 0.3 is 11.7 Å². The number of aromatic nitrogens is 6. The Balaban J connectivity index is 1.77. The first-order chi connectivity index (χ1) is 14.8. The third kappa shape index (κ3) is 5.22. The molecule has 0 unspecified atom stereocenters. The highest BCUT2D eigenvalue weighted by Crippen LogP contribution is 2.16. The van der Waals surface area contributed by atoms with Crippen LogP contribution in [0.25, 0.3) is 11.2 Å². The van der Waals surface area contributed by atoms with Crippen LogP contribution in [0.3, 0.4) is 0 Å². The summed E-state index contributed by atoms with van der Waals surface area (Å²) in [6.45, 7) is 8.42. The molecule has 166 valence electrons. The van der Waals surface area contributed by atoms with Gasteiger partial charge in [0, 0.05) is 24.5 Å². The molecule has 11 heteroatoms. The van der Waals surface area contributed by atoms with Crippen molar-refractivity contribution in [1.29, 1.82) is 0 Å². The van der Waals surface area contributed by atoms with Crippen LogP contribution in [0.5, 0.6) is 0 Å². The summed E-state index contributed by atoms with van der Waals surface area (Å²) in [7, 11) is 0. The molecule has 31 heavy (non-hydrogen) atoms. The largest absolute Gasteiger partial charge is 0.457 e. The van der Waals surface area contributed by atoms with E-state index in [0.717, 1.165) is 24.2 Å². The summed E-state index contributed by atoms with van der Waals surface area (Å²) in [5.74, 6) is 0.0245. The zero-order valence-corrected chi connectivity index (χ0v) is 18.9. The zero-order valence-electron chi connectivity index (χ0n) is 18.1. The molecule has 0 fully saturated rings. The van der Waals surface area contributed by atoms with Crippen molar-refractivity contribution in [1.82, 2.24) is 29.1 Å². The lowest BCUT2D eigenvalue weighted by Gasteiger charge is -2.07. The molecule has 1 N–H and O–H groups in total. The fraction of sp³-hybridized carbons (Fsp3) is 0.500. The van der Waals surface area contributed by atoms with Crippen LogP contribution in [0, 0.1) is 13.8 Å². The van der Waals surface area contributed by atoms with Crippen molar-refractivity contribution in [3.8, 4) is 0 Å². The maximum atomic E-state index is 12.4. The molecule has 0 aliphatic rings. The van der Waals surface area contributed by atoms with Crippen molar-refractivity contribution < 1.29 is 9.53 Å². The Kier molecular flexibility index (Phi) is 7.26. The molecule has 3 heterocycles. The van der Waals surface area contributed by atoms with Gasteiger partial charge in [0.25, 0.3) is 5.56 Å². The number of H-pyrrole nitrogens is 1. The van der Waals surface area contributed by atoms with Crippen LogP contribution in [0.4, 0.5) is 0 Å². The summed E-state index contributed by atoms with van der Waals surface area (Å²) in [6, 6.07) is 1.86. The van der Waals surface area contributed by atoms with Gasteiger partial charge in [0.2, 0.25) is 0 Å². The molecule has 0 bridgehead atoms. The number of ether oxygens (including phenoxy) is 1. The SMILES string of the molecule is CCCCn1c(=O)[nH]c(=O)c2c1nc(COC(=O)CSc1nc(C)cc(C)n1)n2CC. The number of nitrogens with zero attached hydrogens (tertiary/aromatic N) is 5. The predicted octanol–water partition coefficient (Wildman–Crippen LogP) is 1.95. The molecule has 0 spiro atoms. The molecule has 0 saturated carbocycles. The normalized spacial score (nSPS) is 11.2. The molecule has 0 atom stereocenters. The minimum absolute atomic E-state index is 0.0526. The van der Waals surface area contributed by atoms with Crippen LogP contribution >= 0.6 is 11.8 Å². The molecule has 0 saturated heterocycles. The second-order valence-electron chi connectivity index (χ2n) is 7.09. The minimum Gasteiger partial charge on any atom is -0.457 e. The van der Waals surface area contributed by atoms with Crippen molar-refractivity contribution >= 4 is 28.9 Å². The number of aromatic amines is 1.